The van der Waals surface area contributed by atoms with Crippen molar-refractivity contribution in [2.24, 2.45) is 5.73 Å². The lowest BCUT2D eigenvalue weighted by Gasteiger charge is -2.09. The molecule has 0 spiro atoms. The van der Waals surface area contributed by atoms with Crippen LogP contribution in [0.3, 0.4) is 0 Å². The second-order valence-electron chi connectivity index (χ2n) is 4.29. The SMILES string of the molecule is COC(=O)C(N)Cc1c(C)[nH]c2ccc(O)cc12. The summed E-state index contributed by atoms with van der Waals surface area (Å²) in [5, 5.41) is 10.4. The van der Waals surface area contributed by atoms with E-state index in [9.17, 15) is 9.90 Å². The number of benzene rings is 1. The van der Waals surface area contributed by atoms with Gasteiger partial charge in [0.15, 0.2) is 0 Å². The molecule has 1 aromatic carbocycles. The van der Waals surface area contributed by atoms with Crippen LogP contribution in [0.4, 0.5) is 0 Å². The largest absolute Gasteiger partial charge is 0.508 e. The average Bonchev–Trinajstić information content (AvgIpc) is 2.65. The Morgan fingerprint density at radius 3 is 2.94 bits per heavy atom. The molecule has 0 aliphatic carbocycles. The first-order chi connectivity index (χ1) is 8.52. The fourth-order valence-corrected chi connectivity index (χ4v) is 2.09. The molecule has 0 amide bonds. The minimum absolute atomic E-state index is 0.189. The van der Waals surface area contributed by atoms with Gasteiger partial charge in [-0.05, 0) is 30.7 Å². The summed E-state index contributed by atoms with van der Waals surface area (Å²) >= 11 is 0. The van der Waals surface area contributed by atoms with Crippen molar-refractivity contribution in [2.45, 2.75) is 19.4 Å². The Morgan fingerprint density at radius 2 is 2.28 bits per heavy atom. The van der Waals surface area contributed by atoms with E-state index in [-0.39, 0.29) is 5.75 Å². The maximum absolute atomic E-state index is 11.3. The van der Waals surface area contributed by atoms with Crippen LogP contribution >= 0.6 is 0 Å². The Balaban J connectivity index is 2.40. The number of fused-ring (bicyclic) bond motifs is 1. The quantitative estimate of drug-likeness (QED) is 0.713. The maximum Gasteiger partial charge on any atom is 0.322 e. The number of aryl methyl sites for hydroxylation is 1. The molecule has 0 radical (unpaired) electrons. The number of carbonyl (C=O) groups is 1. The molecule has 0 aliphatic heterocycles. The summed E-state index contributed by atoms with van der Waals surface area (Å²) in [7, 11) is 1.32. The number of aromatic amines is 1. The molecule has 2 rings (SSSR count). The maximum atomic E-state index is 11.3. The van der Waals surface area contributed by atoms with Crippen LogP contribution in [0.1, 0.15) is 11.3 Å². The normalized spacial score (nSPS) is 12.6. The molecule has 5 heteroatoms. The molecule has 96 valence electrons. The predicted molar refractivity (Wildman–Crippen MR) is 68.4 cm³/mol. The number of phenols is 1. The molecule has 1 aromatic heterocycles. The molecule has 1 atom stereocenters. The van der Waals surface area contributed by atoms with E-state index in [0.717, 1.165) is 22.2 Å². The van der Waals surface area contributed by atoms with Gasteiger partial charge in [-0.25, -0.2) is 0 Å². The minimum Gasteiger partial charge on any atom is -0.508 e. The van der Waals surface area contributed by atoms with Gasteiger partial charge in [0.1, 0.15) is 11.8 Å². The van der Waals surface area contributed by atoms with E-state index >= 15 is 0 Å². The highest BCUT2D eigenvalue weighted by molar-refractivity contribution is 5.87. The Morgan fingerprint density at radius 1 is 1.56 bits per heavy atom. The third-order valence-corrected chi connectivity index (χ3v) is 3.03. The number of rotatable bonds is 3. The van der Waals surface area contributed by atoms with Crippen LogP contribution in [0, 0.1) is 6.92 Å². The lowest BCUT2D eigenvalue weighted by molar-refractivity contribution is -0.142. The number of H-pyrrole nitrogens is 1. The summed E-state index contributed by atoms with van der Waals surface area (Å²) in [5.41, 5.74) is 8.55. The Labute approximate surface area is 105 Å². The van der Waals surface area contributed by atoms with Crippen molar-refractivity contribution in [1.82, 2.24) is 4.98 Å². The number of methoxy groups -OCH3 is 1. The van der Waals surface area contributed by atoms with Crippen molar-refractivity contribution in [3.63, 3.8) is 0 Å². The van der Waals surface area contributed by atoms with E-state index in [0.29, 0.717) is 6.42 Å². The number of phenolic OH excluding ortho intramolecular Hbond substituents is 1. The smallest absolute Gasteiger partial charge is 0.322 e. The zero-order valence-electron chi connectivity index (χ0n) is 10.4. The van der Waals surface area contributed by atoms with Crippen LogP contribution in [0.15, 0.2) is 18.2 Å². The Kier molecular flexibility index (Phi) is 3.25. The Bertz CT molecular complexity index is 589. The highest BCUT2D eigenvalue weighted by atomic mass is 16.5. The summed E-state index contributed by atoms with van der Waals surface area (Å²) in [4.78, 5) is 14.5. The number of esters is 1. The summed E-state index contributed by atoms with van der Waals surface area (Å²) in [5.74, 6) is -0.252. The van der Waals surface area contributed by atoms with Gasteiger partial charge in [0.05, 0.1) is 7.11 Å². The van der Waals surface area contributed by atoms with Crippen molar-refractivity contribution >= 4 is 16.9 Å². The van der Waals surface area contributed by atoms with E-state index in [1.165, 1.54) is 7.11 Å². The van der Waals surface area contributed by atoms with Crippen molar-refractivity contribution in [2.75, 3.05) is 7.11 Å². The molecule has 0 bridgehead atoms. The molecule has 1 heterocycles. The van der Waals surface area contributed by atoms with Crippen molar-refractivity contribution in [1.29, 1.82) is 0 Å². The lowest BCUT2D eigenvalue weighted by atomic mass is 10.0. The van der Waals surface area contributed by atoms with Gasteiger partial charge in [0, 0.05) is 23.0 Å². The summed E-state index contributed by atoms with van der Waals surface area (Å²) in [6.07, 6.45) is 0.377. The third kappa shape index (κ3) is 2.17. The minimum atomic E-state index is -0.699. The van der Waals surface area contributed by atoms with Gasteiger partial charge in [0.2, 0.25) is 0 Å². The van der Waals surface area contributed by atoms with Gasteiger partial charge in [0.25, 0.3) is 0 Å². The highest BCUT2D eigenvalue weighted by Gasteiger charge is 2.18. The second kappa shape index (κ2) is 4.70. The average molecular weight is 248 g/mol. The number of nitrogens with two attached hydrogens (primary N) is 1. The molecule has 0 saturated heterocycles. The molecule has 4 N–H and O–H groups in total. The number of ether oxygens (including phenoxy) is 1. The van der Waals surface area contributed by atoms with E-state index in [2.05, 4.69) is 9.72 Å². The molecular weight excluding hydrogens is 232 g/mol. The summed E-state index contributed by atoms with van der Waals surface area (Å²) in [6, 6.07) is 4.38. The van der Waals surface area contributed by atoms with E-state index in [4.69, 9.17) is 5.73 Å². The van der Waals surface area contributed by atoms with Crippen molar-refractivity contribution < 1.29 is 14.6 Å². The van der Waals surface area contributed by atoms with Crippen LogP contribution in [0.25, 0.3) is 10.9 Å². The molecule has 2 aromatic rings. The van der Waals surface area contributed by atoms with Crippen LogP contribution in [0.5, 0.6) is 5.75 Å². The monoisotopic (exact) mass is 248 g/mol. The first-order valence-corrected chi connectivity index (χ1v) is 5.66. The highest BCUT2D eigenvalue weighted by Crippen LogP contribution is 2.26. The summed E-state index contributed by atoms with van der Waals surface area (Å²) in [6.45, 7) is 1.91. The number of aromatic hydroxyl groups is 1. The number of carbonyl (C=O) groups excluding carboxylic acids is 1. The fourth-order valence-electron chi connectivity index (χ4n) is 2.09. The first-order valence-electron chi connectivity index (χ1n) is 5.66. The van der Waals surface area contributed by atoms with Crippen LogP contribution in [-0.2, 0) is 16.0 Å². The van der Waals surface area contributed by atoms with E-state index < -0.39 is 12.0 Å². The van der Waals surface area contributed by atoms with E-state index in [1.54, 1.807) is 18.2 Å². The second-order valence-corrected chi connectivity index (χ2v) is 4.29. The van der Waals surface area contributed by atoms with Crippen LogP contribution < -0.4 is 5.73 Å². The standard InChI is InChI=1S/C13H16N2O3/c1-7-9(6-11(14)13(17)18-2)10-5-8(16)3-4-12(10)15-7/h3-5,11,15-16H,6,14H2,1-2H3. The van der Waals surface area contributed by atoms with Crippen LogP contribution in [-0.4, -0.2) is 29.2 Å². The van der Waals surface area contributed by atoms with Gasteiger partial charge in [-0.3, -0.25) is 4.79 Å². The molecule has 1 unspecified atom stereocenters. The van der Waals surface area contributed by atoms with Gasteiger partial charge in [-0.15, -0.1) is 0 Å². The zero-order chi connectivity index (χ0) is 13.3. The number of aromatic nitrogens is 1. The predicted octanol–water partition coefficient (Wildman–Crippen LogP) is 1.22. The van der Waals surface area contributed by atoms with Gasteiger partial charge < -0.3 is 20.6 Å². The summed E-state index contributed by atoms with van der Waals surface area (Å²) < 4.78 is 4.61. The third-order valence-electron chi connectivity index (χ3n) is 3.03. The number of hydrogen-bond donors (Lipinski definition) is 3. The van der Waals surface area contributed by atoms with Crippen molar-refractivity contribution in [3.05, 3.63) is 29.5 Å². The van der Waals surface area contributed by atoms with Crippen LogP contribution in [0.2, 0.25) is 0 Å². The molecular formula is C13H16N2O3. The van der Waals surface area contributed by atoms with E-state index in [1.807, 2.05) is 6.92 Å². The van der Waals surface area contributed by atoms with Gasteiger partial charge in [-0.2, -0.15) is 0 Å². The molecule has 0 aliphatic rings. The molecule has 0 saturated carbocycles. The molecule has 0 fully saturated rings. The Hall–Kier alpha value is -2.01. The topological polar surface area (TPSA) is 88.3 Å². The molecule has 5 nitrogen and oxygen atoms in total. The van der Waals surface area contributed by atoms with Crippen molar-refractivity contribution in [3.8, 4) is 5.75 Å². The first kappa shape index (κ1) is 12.4. The number of nitrogens with one attached hydrogen (secondary N) is 1. The molecule has 18 heavy (non-hydrogen) atoms. The van der Waals surface area contributed by atoms with Gasteiger partial charge in [-0.1, -0.05) is 0 Å². The fraction of sp³-hybridized carbons (Fsp3) is 0.308. The zero-order valence-corrected chi connectivity index (χ0v) is 10.4. The number of hydrogen-bond acceptors (Lipinski definition) is 4. The van der Waals surface area contributed by atoms with Gasteiger partial charge >= 0.3 is 5.97 Å². The lowest BCUT2D eigenvalue weighted by Crippen LogP contribution is -2.33.